The van der Waals surface area contributed by atoms with E-state index in [9.17, 15) is 4.79 Å². The largest absolute Gasteiger partial charge is 0.399 e. The highest BCUT2D eigenvalue weighted by Crippen LogP contribution is 2.27. The Morgan fingerprint density at radius 2 is 1.94 bits per heavy atom. The predicted octanol–water partition coefficient (Wildman–Crippen LogP) is 4.05. The molecule has 0 atom stereocenters. The Morgan fingerprint density at radius 1 is 1.22 bits per heavy atom. The Labute approximate surface area is 192 Å². The Bertz CT molecular complexity index is 1200. The van der Waals surface area contributed by atoms with Crippen molar-refractivity contribution in [1.82, 2.24) is 9.55 Å². The molecule has 0 fully saturated rings. The number of halogens is 1. The molecule has 8 heteroatoms. The van der Waals surface area contributed by atoms with E-state index in [2.05, 4.69) is 10.3 Å². The summed E-state index contributed by atoms with van der Waals surface area (Å²) in [5.41, 5.74) is 14.8. The first-order valence-electron chi connectivity index (χ1n) is 10.3. The van der Waals surface area contributed by atoms with Crippen LogP contribution in [0.25, 0.3) is 11.3 Å². The summed E-state index contributed by atoms with van der Waals surface area (Å²) in [6.45, 7) is 4.19. The molecule has 7 nitrogen and oxygen atoms in total. The van der Waals surface area contributed by atoms with E-state index in [0.29, 0.717) is 29.9 Å². The number of nitrogen functional groups attached to an aromatic ring is 2. The predicted molar refractivity (Wildman–Crippen MR) is 132 cm³/mol. The fraction of sp³-hybridized carbons (Fsp3) is 0.208. The van der Waals surface area contributed by atoms with E-state index >= 15 is 0 Å². The van der Waals surface area contributed by atoms with E-state index in [4.69, 9.17) is 28.5 Å². The normalized spacial score (nSPS) is 11.2. The summed E-state index contributed by atoms with van der Waals surface area (Å²) in [7, 11) is 0. The molecule has 0 aliphatic carbocycles. The van der Waals surface area contributed by atoms with Crippen LogP contribution in [-0.2, 0) is 13.0 Å². The highest BCUT2D eigenvalue weighted by molar-refractivity contribution is 6.32. The number of nitrogens with one attached hydrogen (secondary N) is 2. The van der Waals surface area contributed by atoms with Crippen LogP contribution in [0.15, 0.2) is 65.5 Å². The summed E-state index contributed by atoms with van der Waals surface area (Å²) >= 11 is 6.52. The molecule has 0 aliphatic rings. The number of nitrogens with two attached hydrogens (primary N) is 2. The maximum absolute atomic E-state index is 13.2. The van der Waals surface area contributed by atoms with Gasteiger partial charge < -0.3 is 16.8 Å². The topological polar surface area (TPSA) is 123 Å². The second-order valence-electron chi connectivity index (χ2n) is 7.73. The van der Waals surface area contributed by atoms with Crippen LogP contribution in [0.4, 0.5) is 11.5 Å². The molecule has 2 aromatic carbocycles. The van der Waals surface area contributed by atoms with Gasteiger partial charge in [0.05, 0.1) is 5.69 Å². The first kappa shape index (κ1) is 23.1. The third kappa shape index (κ3) is 5.56. The van der Waals surface area contributed by atoms with E-state index in [1.165, 1.54) is 0 Å². The number of nitrogens with zero attached hydrogens (tertiary/aromatic N) is 2. The van der Waals surface area contributed by atoms with Crippen LogP contribution in [0.3, 0.4) is 0 Å². The van der Waals surface area contributed by atoms with Crippen molar-refractivity contribution in [1.29, 1.82) is 5.41 Å². The van der Waals surface area contributed by atoms with Gasteiger partial charge in [0.15, 0.2) is 11.0 Å². The molecule has 0 amide bonds. The number of aromatic nitrogens is 2. The van der Waals surface area contributed by atoms with Gasteiger partial charge in [-0.1, -0.05) is 60.2 Å². The number of amidine groups is 1. The van der Waals surface area contributed by atoms with Crippen LogP contribution in [0.2, 0.25) is 5.15 Å². The van der Waals surface area contributed by atoms with E-state index in [1.54, 1.807) is 16.7 Å². The van der Waals surface area contributed by atoms with Gasteiger partial charge in [0.1, 0.15) is 5.84 Å². The van der Waals surface area contributed by atoms with E-state index < -0.39 is 0 Å². The summed E-state index contributed by atoms with van der Waals surface area (Å²) in [6.07, 6.45) is 4.59. The van der Waals surface area contributed by atoms with Crippen LogP contribution in [0.1, 0.15) is 25.0 Å². The molecule has 1 aromatic heterocycles. The molecule has 32 heavy (non-hydrogen) atoms. The fourth-order valence-corrected chi connectivity index (χ4v) is 3.56. The Morgan fingerprint density at radius 3 is 2.56 bits per heavy atom. The lowest BCUT2D eigenvalue weighted by Gasteiger charge is -2.17. The number of allylic oxidation sites excluding steroid dienone is 2. The monoisotopic (exact) mass is 450 g/mol. The molecular formula is C24H27ClN6O. The molecule has 1 heterocycles. The van der Waals surface area contributed by atoms with Crippen molar-refractivity contribution >= 4 is 28.9 Å². The van der Waals surface area contributed by atoms with Crippen LogP contribution in [0.5, 0.6) is 0 Å². The lowest BCUT2D eigenvalue weighted by Crippen LogP contribution is -2.28. The first-order valence-corrected chi connectivity index (χ1v) is 10.6. The number of hydrogen-bond acceptors (Lipinski definition) is 5. The molecular weight excluding hydrogens is 424 g/mol. The molecule has 0 aliphatic heterocycles. The maximum atomic E-state index is 13.2. The van der Waals surface area contributed by atoms with Crippen molar-refractivity contribution in [3.8, 4) is 11.3 Å². The van der Waals surface area contributed by atoms with Gasteiger partial charge in [-0.25, -0.2) is 4.98 Å². The van der Waals surface area contributed by atoms with Crippen molar-refractivity contribution in [2.45, 2.75) is 32.9 Å². The minimum atomic E-state index is -0.254. The number of anilines is 2. The Kier molecular flexibility index (Phi) is 7.33. The third-order valence-corrected chi connectivity index (χ3v) is 5.05. The first-order chi connectivity index (χ1) is 15.3. The van der Waals surface area contributed by atoms with Crippen molar-refractivity contribution in [3.05, 3.63) is 87.3 Å². The smallest absolute Gasteiger partial charge is 0.294 e. The average molecular weight is 451 g/mol. The van der Waals surface area contributed by atoms with Crippen LogP contribution in [-0.4, -0.2) is 21.4 Å². The van der Waals surface area contributed by atoms with E-state index in [0.717, 1.165) is 11.1 Å². The van der Waals surface area contributed by atoms with Gasteiger partial charge in [0.25, 0.3) is 5.56 Å². The van der Waals surface area contributed by atoms with E-state index in [1.807, 2.05) is 62.4 Å². The fourth-order valence-electron chi connectivity index (χ4n) is 3.26. The maximum Gasteiger partial charge on any atom is 0.294 e. The number of rotatable bonds is 8. The molecule has 0 unspecified atom stereocenters. The van der Waals surface area contributed by atoms with Crippen molar-refractivity contribution in [2.75, 3.05) is 11.1 Å². The van der Waals surface area contributed by atoms with Gasteiger partial charge in [0.2, 0.25) is 0 Å². The zero-order chi connectivity index (χ0) is 23.3. The van der Waals surface area contributed by atoms with Crippen molar-refractivity contribution < 1.29 is 0 Å². The second-order valence-corrected chi connectivity index (χ2v) is 8.08. The number of benzene rings is 2. The summed E-state index contributed by atoms with van der Waals surface area (Å²) in [4.78, 5) is 17.5. The molecule has 3 rings (SSSR count). The van der Waals surface area contributed by atoms with Crippen molar-refractivity contribution in [2.24, 2.45) is 5.73 Å². The summed E-state index contributed by atoms with van der Waals surface area (Å²) in [6, 6.07) is 14.8. The molecule has 0 bridgehead atoms. The number of hydrogen-bond donors (Lipinski definition) is 4. The van der Waals surface area contributed by atoms with Gasteiger partial charge in [0, 0.05) is 29.4 Å². The molecule has 0 spiro atoms. The van der Waals surface area contributed by atoms with Crippen LogP contribution >= 0.6 is 11.6 Å². The highest BCUT2D eigenvalue weighted by atomic mass is 35.5. The van der Waals surface area contributed by atoms with Gasteiger partial charge in [-0.3, -0.25) is 14.8 Å². The molecule has 3 aromatic rings. The van der Waals surface area contributed by atoms with Crippen LogP contribution < -0.4 is 22.3 Å². The summed E-state index contributed by atoms with van der Waals surface area (Å²) in [5, 5.41) is 10.8. The second kappa shape index (κ2) is 10.2. The molecule has 0 radical (unpaired) electrons. The van der Waals surface area contributed by atoms with Crippen molar-refractivity contribution in [3.63, 3.8) is 0 Å². The Hall–Kier alpha value is -3.58. The Balaban J connectivity index is 1.92. The lowest BCUT2D eigenvalue weighted by atomic mass is 10.1. The van der Waals surface area contributed by atoms with E-state index in [-0.39, 0.29) is 28.4 Å². The minimum absolute atomic E-state index is 0.0338. The molecule has 166 valence electrons. The van der Waals surface area contributed by atoms with Gasteiger partial charge in [-0.2, -0.15) is 0 Å². The quantitative estimate of drug-likeness (QED) is 0.178. The molecule has 0 saturated carbocycles. The summed E-state index contributed by atoms with van der Waals surface area (Å²) in [5.74, 6) is 0.256. The van der Waals surface area contributed by atoms with Gasteiger partial charge >= 0.3 is 0 Å². The van der Waals surface area contributed by atoms with Gasteiger partial charge in [-0.05, 0) is 38.0 Å². The average Bonchev–Trinajstić information content (AvgIpc) is 2.74. The zero-order valence-corrected chi connectivity index (χ0v) is 18.9. The summed E-state index contributed by atoms with van der Waals surface area (Å²) < 4.78 is 1.60. The SMILES string of the molecule is CC(C)Nc1nc(Cl)c(-c2cccc(N)c2)n(C/C=C\Cc2ccc(C(=N)N)cc2)c1=O. The molecule has 0 saturated heterocycles. The standard InChI is InChI=1S/C24H27ClN6O/c1-15(2)29-23-24(32)31(20(21(25)30-23)18-7-5-8-19(26)14-18)13-4-3-6-16-9-11-17(12-10-16)22(27)28/h3-5,7-12,14-15H,6,13,26H2,1-2H3,(H3,27,28)(H,29,30)/b4-3-. The van der Waals surface area contributed by atoms with Gasteiger partial charge in [-0.15, -0.1) is 0 Å². The van der Waals surface area contributed by atoms with Crippen LogP contribution in [0, 0.1) is 5.41 Å². The lowest BCUT2D eigenvalue weighted by molar-refractivity contribution is 0.767. The zero-order valence-electron chi connectivity index (χ0n) is 18.1. The molecule has 6 N–H and O–H groups in total. The third-order valence-electron chi connectivity index (χ3n) is 4.78. The highest BCUT2D eigenvalue weighted by Gasteiger charge is 2.17. The minimum Gasteiger partial charge on any atom is -0.399 e.